The molecule has 2 aromatic rings. The quantitative estimate of drug-likeness (QED) is 0.680. The SMILES string of the molecule is CC1=NN(C)C2CC(c3cc(NC4CCC(c5nccn5C)CC4)nc(N4CCOCC4)n3)CCC12. The summed E-state index contributed by atoms with van der Waals surface area (Å²) in [4.78, 5) is 17.1. The second-order valence-electron chi connectivity index (χ2n) is 11.2. The van der Waals surface area contributed by atoms with Crippen LogP contribution in [0.15, 0.2) is 23.6 Å². The summed E-state index contributed by atoms with van der Waals surface area (Å²) < 4.78 is 7.77. The summed E-state index contributed by atoms with van der Waals surface area (Å²) in [7, 11) is 4.23. The van der Waals surface area contributed by atoms with Crippen LogP contribution in [0.3, 0.4) is 0 Å². The third kappa shape index (κ3) is 4.69. The number of hydrogen-bond donors (Lipinski definition) is 1. The highest BCUT2D eigenvalue weighted by atomic mass is 16.5. The van der Waals surface area contributed by atoms with Crippen LogP contribution in [-0.4, -0.2) is 75.7 Å². The Hall–Kier alpha value is -2.68. The first-order chi connectivity index (χ1) is 17.5. The molecule has 2 saturated carbocycles. The summed E-state index contributed by atoms with van der Waals surface area (Å²) in [6, 6.07) is 3.17. The van der Waals surface area contributed by atoms with Gasteiger partial charge >= 0.3 is 0 Å². The Balaban J connectivity index is 1.19. The minimum atomic E-state index is 0.439. The van der Waals surface area contributed by atoms with Crippen LogP contribution in [-0.2, 0) is 11.8 Å². The van der Waals surface area contributed by atoms with Crippen molar-refractivity contribution in [2.24, 2.45) is 18.1 Å². The zero-order valence-corrected chi connectivity index (χ0v) is 21.9. The molecule has 9 nitrogen and oxygen atoms in total. The van der Waals surface area contributed by atoms with E-state index < -0.39 is 0 Å². The number of rotatable bonds is 5. The molecule has 0 bridgehead atoms. The lowest BCUT2D eigenvalue weighted by molar-refractivity contribution is 0.122. The zero-order chi connectivity index (χ0) is 24.6. The average Bonchev–Trinajstić information content (AvgIpc) is 3.46. The van der Waals surface area contributed by atoms with Gasteiger partial charge in [0, 0.05) is 75.2 Å². The Labute approximate surface area is 214 Å². The van der Waals surface area contributed by atoms with Crippen molar-refractivity contribution in [3.63, 3.8) is 0 Å². The third-order valence-electron chi connectivity index (χ3n) is 8.90. The summed E-state index contributed by atoms with van der Waals surface area (Å²) in [6.45, 7) is 5.36. The van der Waals surface area contributed by atoms with Crippen LogP contribution < -0.4 is 10.2 Å². The van der Waals surface area contributed by atoms with Gasteiger partial charge in [0.05, 0.1) is 24.9 Å². The van der Waals surface area contributed by atoms with Crippen LogP contribution in [0.4, 0.5) is 11.8 Å². The molecule has 0 radical (unpaired) electrons. The highest BCUT2D eigenvalue weighted by Gasteiger charge is 2.39. The lowest BCUT2D eigenvalue weighted by Crippen LogP contribution is -2.38. The molecule has 4 aliphatic rings. The van der Waals surface area contributed by atoms with Crippen LogP contribution >= 0.6 is 0 Å². The summed E-state index contributed by atoms with van der Waals surface area (Å²) >= 11 is 0. The molecule has 6 rings (SSSR count). The topological polar surface area (TPSA) is 83.7 Å². The van der Waals surface area contributed by atoms with Gasteiger partial charge in [-0.2, -0.15) is 10.1 Å². The number of imidazole rings is 1. The Morgan fingerprint density at radius 2 is 1.75 bits per heavy atom. The first-order valence-electron chi connectivity index (χ1n) is 13.8. The number of hydrogen-bond acceptors (Lipinski definition) is 8. The van der Waals surface area contributed by atoms with Crippen LogP contribution in [0.1, 0.15) is 75.2 Å². The van der Waals surface area contributed by atoms with E-state index in [0.29, 0.717) is 29.8 Å². The molecule has 0 aromatic carbocycles. The van der Waals surface area contributed by atoms with Crippen LogP contribution in [0.2, 0.25) is 0 Å². The predicted molar refractivity (Wildman–Crippen MR) is 142 cm³/mol. The maximum atomic E-state index is 5.60. The van der Waals surface area contributed by atoms with Crippen molar-refractivity contribution in [1.82, 2.24) is 24.5 Å². The molecule has 0 amide bonds. The number of nitrogens with zero attached hydrogens (tertiary/aromatic N) is 7. The van der Waals surface area contributed by atoms with E-state index >= 15 is 0 Å². The van der Waals surface area contributed by atoms with E-state index in [9.17, 15) is 0 Å². The lowest BCUT2D eigenvalue weighted by Gasteiger charge is -2.35. The largest absolute Gasteiger partial charge is 0.378 e. The molecule has 3 atom stereocenters. The summed E-state index contributed by atoms with van der Waals surface area (Å²) in [5.41, 5.74) is 2.48. The Bertz CT molecular complexity index is 1090. The first kappa shape index (κ1) is 23.7. The number of hydrazone groups is 1. The number of fused-ring (bicyclic) bond motifs is 1. The minimum absolute atomic E-state index is 0.439. The molecular weight excluding hydrogens is 452 g/mol. The van der Waals surface area contributed by atoms with Gasteiger partial charge < -0.3 is 19.5 Å². The highest BCUT2D eigenvalue weighted by Crippen LogP contribution is 2.41. The standard InChI is InChI=1S/C27H40N8O/c1-18-22-9-6-20(16-24(22)34(3)32-18)23-17-25(31-27(30-23)35-12-14-36-15-13-35)29-21-7-4-19(5-8-21)26-28-10-11-33(26)2/h10-11,17,19-22,24H,4-9,12-16H2,1-3H3,(H,29,30,31). The highest BCUT2D eigenvalue weighted by molar-refractivity contribution is 5.86. The molecule has 2 aromatic heterocycles. The smallest absolute Gasteiger partial charge is 0.227 e. The zero-order valence-electron chi connectivity index (χ0n) is 21.9. The van der Waals surface area contributed by atoms with E-state index in [1.54, 1.807) is 0 Å². The van der Waals surface area contributed by atoms with E-state index in [0.717, 1.165) is 76.6 Å². The van der Waals surface area contributed by atoms with E-state index in [-0.39, 0.29) is 0 Å². The van der Waals surface area contributed by atoms with Gasteiger partial charge in [-0.3, -0.25) is 5.01 Å². The molecule has 1 N–H and O–H groups in total. The van der Waals surface area contributed by atoms with E-state index in [1.807, 2.05) is 6.20 Å². The van der Waals surface area contributed by atoms with Gasteiger partial charge in [-0.25, -0.2) is 9.97 Å². The Morgan fingerprint density at radius 1 is 0.972 bits per heavy atom. The first-order valence-corrected chi connectivity index (χ1v) is 13.8. The minimum Gasteiger partial charge on any atom is -0.378 e. The summed E-state index contributed by atoms with van der Waals surface area (Å²) in [5.74, 6) is 4.65. The number of anilines is 2. The number of morpholine rings is 1. The number of ether oxygens (including phenoxy) is 1. The summed E-state index contributed by atoms with van der Waals surface area (Å²) in [5, 5.41) is 10.8. The number of aromatic nitrogens is 4. The van der Waals surface area contributed by atoms with Crippen molar-refractivity contribution in [3.8, 4) is 0 Å². The van der Waals surface area contributed by atoms with Gasteiger partial charge in [0.15, 0.2) is 0 Å². The van der Waals surface area contributed by atoms with Crippen molar-refractivity contribution in [3.05, 3.63) is 30.0 Å². The van der Waals surface area contributed by atoms with Crippen LogP contribution in [0.5, 0.6) is 0 Å². The molecule has 36 heavy (non-hydrogen) atoms. The molecular formula is C27H40N8O. The van der Waals surface area contributed by atoms with Gasteiger partial charge in [0.1, 0.15) is 11.6 Å². The molecule has 3 fully saturated rings. The van der Waals surface area contributed by atoms with Gasteiger partial charge in [-0.15, -0.1) is 0 Å². The van der Waals surface area contributed by atoms with Crippen molar-refractivity contribution in [2.45, 2.75) is 75.8 Å². The van der Waals surface area contributed by atoms with Gasteiger partial charge in [0.25, 0.3) is 0 Å². The fourth-order valence-electron chi connectivity index (χ4n) is 6.83. The number of nitrogens with one attached hydrogen (secondary N) is 1. The molecule has 2 aliphatic carbocycles. The Kier molecular flexibility index (Phi) is 6.58. The lowest BCUT2D eigenvalue weighted by atomic mass is 9.76. The van der Waals surface area contributed by atoms with Crippen LogP contribution in [0, 0.1) is 5.92 Å². The van der Waals surface area contributed by atoms with Crippen LogP contribution in [0.25, 0.3) is 0 Å². The monoisotopic (exact) mass is 492 g/mol. The second-order valence-corrected chi connectivity index (χ2v) is 11.2. The van der Waals surface area contributed by atoms with Crippen molar-refractivity contribution in [1.29, 1.82) is 0 Å². The molecule has 0 spiro atoms. The summed E-state index contributed by atoms with van der Waals surface area (Å²) in [6.07, 6.45) is 12.0. The normalized spacial score (nSPS) is 30.8. The van der Waals surface area contributed by atoms with Gasteiger partial charge in [0.2, 0.25) is 5.95 Å². The van der Waals surface area contributed by atoms with Crippen molar-refractivity contribution < 1.29 is 4.74 Å². The number of aryl methyl sites for hydroxylation is 1. The predicted octanol–water partition coefficient (Wildman–Crippen LogP) is 3.76. The van der Waals surface area contributed by atoms with Gasteiger partial charge in [-0.05, 0) is 51.9 Å². The van der Waals surface area contributed by atoms with E-state index in [1.165, 1.54) is 23.7 Å². The molecule has 3 unspecified atom stereocenters. The molecule has 194 valence electrons. The second kappa shape index (κ2) is 10.00. The third-order valence-corrected chi connectivity index (χ3v) is 8.90. The molecule has 1 saturated heterocycles. The average molecular weight is 493 g/mol. The molecule has 4 heterocycles. The van der Waals surface area contributed by atoms with Crippen molar-refractivity contribution >= 4 is 17.5 Å². The maximum Gasteiger partial charge on any atom is 0.227 e. The van der Waals surface area contributed by atoms with Crippen molar-refractivity contribution in [2.75, 3.05) is 43.6 Å². The molecule has 9 heteroatoms. The maximum absolute atomic E-state index is 5.60. The fraction of sp³-hybridized carbons (Fsp3) is 0.704. The Morgan fingerprint density at radius 3 is 2.50 bits per heavy atom. The van der Waals surface area contributed by atoms with E-state index in [2.05, 4.69) is 58.1 Å². The van der Waals surface area contributed by atoms with E-state index in [4.69, 9.17) is 19.8 Å². The van der Waals surface area contributed by atoms with Gasteiger partial charge in [-0.1, -0.05) is 0 Å². The fourth-order valence-corrected chi connectivity index (χ4v) is 6.83. The molecule has 2 aliphatic heterocycles.